The predicted octanol–water partition coefficient (Wildman–Crippen LogP) is 0.497. The number of anilines is 1. The minimum absolute atomic E-state index is 0.200. The van der Waals surface area contributed by atoms with E-state index in [1.807, 2.05) is 0 Å². The molecule has 11 nitrogen and oxygen atoms in total. The summed E-state index contributed by atoms with van der Waals surface area (Å²) in [6.45, 7) is 4.28. The maximum atomic E-state index is 5.88. The Morgan fingerprint density at radius 2 is 2.20 bits per heavy atom. The molecule has 2 N–H and O–H groups in total. The molecule has 11 heteroatoms. The molecule has 25 heavy (non-hydrogen) atoms. The van der Waals surface area contributed by atoms with Crippen LogP contribution >= 0.6 is 0 Å². The fourth-order valence-corrected chi connectivity index (χ4v) is 2.58. The minimum atomic E-state index is -0.508. The highest BCUT2D eigenvalue weighted by Crippen LogP contribution is 2.26. The van der Waals surface area contributed by atoms with E-state index in [9.17, 15) is 0 Å². The fourth-order valence-electron chi connectivity index (χ4n) is 2.58. The van der Waals surface area contributed by atoms with Crippen molar-refractivity contribution in [3.8, 4) is 0 Å². The first-order valence-corrected chi connectivity index (χ1v) is 7.70. The van der Waals surface area contributed by atoms with E-state index in [1.165, 1.54) is 0 Å². The topological polar surface area (TPSA) is 136 Å². The summed E-state index contributed by atoms with van der Waals surface area (Å²) in [6, 6.07) is 0. The third-order valence-corrected chi connectivity index (χ3v) is 3.65. The van der Waals surface area contributed by atoms with Crippen molar-refractivity contribution >= 4 is 17.0 Å². The molecule has 0 spiro atoms. The number of rotatable bonds is 5. The molecule has 4 heterocycles. The number of hydrogen-bond donors (Lipinski definition) is 1. The van der Waals surface area contributed by atoms with Crippen LogP contribution < -0.4 is 5.73 Å². The van der Waals surface area contributed by atoms with Crippen LogP contribution in [-0.2, 0) is 20.8 Å². The van der Waals surface area contributed by atoms with Gasteiger partial charge in [0.1, 0.15) is 17.9 Å². The number of aromatic nitrogens is 6. The van der Waals surface area contributed by atoms with E-state index in [-0.39, 0.29) is 19.4 Å². The smallest absolute Gasteiger partial charge is 0.242 e. The van der Waals surface area contributed by atoms with Gasteiger partial charge in [-0.1, -0.05) is 0 Å². The van der Waals surface area contributed by atoms with E-state index >= 15 is 0 Å². The highest BCUT2D eigenvalue weighted by Gasteiger charge is 2.29. The van der Waals surface area contributed by atoms with Gasteiger partial charge in [-0.05, 0) is 6.92 Å². The number of ether oxygens (including phenoxy) is 3. The SMILES string of the molecule is Cc1nc(N)c2ncn([C@H]3COC(COCc4nnc(C)o4)O3)c2n1. The van der Waals surface area contributed by atoms with Crippen molar-refractivity contribution in [2.45, 2.75) is 33.0 Å². The normalized spacial score (nSPS) is 20.6. The minimum Gasteiger partial charge on any atom is -0.423 e. The van der Waals surface area contributed by atoms with Crippen LogP contribution in [0.3, 0.4) is 0 Å². The van der Waals surface area contributed by atoms with Crippen molar-refractivity contribution in [3.63, 3.8) is 0 Å². The second kappa shape index (κ2) is 6.35. The molecule has 132 valence electrons. The molecule has 2 atom stereocenters. The van der Waals surface area contributed by atoms with Crippen LogP contribution in [0.1, 0.15) is 23.8 Å². The summed E-state index contributed by atoms with van der Waals surface area (Å²) >= 11 is 0. The van der Waals surface area contributed by atoms with E-state index in [4.69, 9.17) is 24.4 Å². The van der Waals surface area contributed by atoms with Gasteiger partial charge in [-0.2, -0.15) is 0 Å². The molecule has 3 aromatic rings. The third kappa shape index (κ3) is 3.16. The number of nitrogens with zero attached hydrogens (tertiary/aromatic N) is 6. The van der Waals surface area contributed by atoms with Crippen molar-refractivity contribution in [2.75, 3.05) is 18.9 Å². The van der Waals surface area contributed by atoms with Gasteiger partial charge in [-0.3, -0.25) is 4.57 Å². The van der Waals surface area contributed by atoms with Crippen LogP contribution in [0.25, 0.3) is 11.2 Å². The van der Waals surface area contributed by atoms with Crippen molar-refractivity contribution < 1.29 is 18.6 Å². The van der Waals surface area contributed by atoms with Gasteiger partial charge in [0.25, 0.3) is 0 Å². The Labute approximate surface area is 142 Å². The molecule has 1 unspecified atom stereocenters. The molecular formula is C14H17N7O4. The number of fused-ring (bicyclic) bond motifs is 1. The molecular weight excluding hydrogens is 330 g/mol. The molecule has 0 aromatic carbocycles. The zero-order valence-electron chi connectivity index (χ0n) is 13.7. The number of hydrogen-bond acceptors (Lipinski definition) is 10. The Morgan fingerprint density at radius 1 is 1.32 bits per heavy atom. The molecule has 1 aliphatic rings. The second-order valence-electron chi connectivity index (χ2n) is 5.56. The molecule has 4 rings (SSSR count). The Balaban J connectivity index is 1.39. The lowest BCUT2D eigenvalue weighted by atomic mass is 10.4. The monoisotopic (exact) mass is 347 g/mol. The summed E-state index contributed by atoms with van der Waals surface area (Å²) in [5.74, 6) is 1.82. The Morgan fingerprint density at radius 3 is 3.00 bits per heavy atom. The second-order valence-corrected chi connectivity index (χ2v) is 5.56. The maximum Gasteiger partial charge on any atom is 0.242 e. The van der Waals surface area contributed by atoms with Crippen LogP contribution in [0.5, 0.6) is 0 Å². The van der Waals surface area contributed by atoms with Crippen LogP contribution in [0, 0.1) is 13.8 Å². The summed E-state index contributed by atoms with van der Waals surface area (Å²) in [5.41, 5.74) is 7.03. The summed E-state index contributed by atoms with van der Waals surface area (Å²) in [5, 5.41) is 7.59. The lowest BCUT2D eigenvalue weighted by molar-refractivity contribution is -0.118. The fraction of sp³-hybridized carbons (Fsp3) is 0.500. The summed E-state index contributed by atoms with van der Waals surface area (Å²) in [4.78, 5) is 12.7. The van der Waals surface area contributed by atoms with E-state index in [1.54, 1.807) is 24.7 Å². The molecule has 3 aromatic heterocycles. The van der Waals surface area contributed by atoms with Gasteiger partial charge in [0.15, 0.2) is 24.0 Å². The molecule has 1 fully saturated rings. The highest BCUT2D eigenvalue weighted by atomic mass is 16.7. The number of aryl methyl sites for hydroxylation is 2. The van der Waals surface area contributed by atoms with Crippen LogP contribution in [0.2, 0.25) is 0 Å². The molecule has 1 aliphatic heterocycles. The highest BCUT2D eigenvalue weighted by molar-refractivity contribution is 5.81. The molecule has 0 radical (unpaired) electrons. The van der Waals surface area contributed by atoms with Gasteiger partial charge in [-0.15, -0.1) is 10.2 Å². The molecule has 1 saturated heterocycles. The maximum absolute atomic E-state index is 5.88. The lowest BCUT2D eigenvalue weighted by Crippen LogP contribution is -2.18. The Kier molecular flexibility index (Phi) is 4.03. The van der Waals surface area contributed by atoms with Gasteiger partial charge in [-0.25, -0.2) is 15.0 Å². The zero-order valence-corrected chi connectivity index (χ0v) is 13.7. The lowest BCUT2D eigenvalue weighted by Gasteiger charge is -2.13. The zero-order chi connectivity index (χ0) is 17.4. The van der Waals surface area contributed by atoms with Gasteiger partial charge in [0.05, 0.1) is 19.5 Å². The van der Waals surface area contributed by atoms with Gasteiger partial charge in [0.2, 0.25) is 11.8 Å². The van der Waals surface area contributed by atoms with Crippen molar-refractivity contribution in [1.82, 2.24) is 29.7 Å². The first-order chi connectivity index (χ1) is 12.1. The van der Waals surface area contributed by atoms with Crippen molar-refractivity contribution in [2.24, 2.45) is 0 Å². The van der Waals surface area contributed by atoms with Crippen molar-refractivity contribution in [3.05, 3.63) is 23.9 Å². The third-order valence-electron chi connectivity index (χ3n) is 3.65. The molecule has 0 bridgehead atoms. The van der Waals surface area contributed by atoms with E-state index < -0.39 is 6.29 Å². The molecule has 0 aliphatic carbocycles. The Hall–Kier alpha value is -2.63. The van der Waals surface area contributed by atoms with Crippen LogP contribution in [0.15, 0.2) is 10.7 Å². The largest absolute Gasteiger partial charge is 0.423 e. The first-order valence-electron chi connectivity index (χ1n) is 7.70. The van der Waals surface area contributed by atoms with E-state index in [0.717, 1.165) is 0 Å². The van der Waals surface area contributed by atoms with E-state index in [2.05, 4.69) is 25.1 Å². The average molecular weight is 347 g/mol. The quantitative estimate of drug-likeness (QED) is 0.694. The number of imidazole rings is 1. The van der Waals surface area contributed by atoms with Crippen LogP contribution in [-0.4, -0.2) is 49.2 Å². The van der Waals surface area contributed by atoms with Gasteiger partial charge < -0.3 is 24.4 Å². The number of nitrogen functional groups attached to an aromatic ring is 1. The van der Waals surface area contributed by atoms with Crippen LogP contribution in [0.4, 0.5) is 5.82 Å². The summed E-state index contributed by atoms with van der Waals surface area (Å²) < 4.78 is 24.0. The predicted molar refractivity (Wildman–Crippen MR) is 83.0 cm³/mol. The summed E-state index contributed by atoms with van der Waals surface area (Å²) in [6.07, 6.45) is 0.748. The first kappa shape index (κ1) is 15.9. The average Bonchev–Trinajstić information content (AvgIpc) is 3.27. The standard InChI is InChI=1S/C14H17N7O4/c1-7-17-13(15)12-14(18-7)21(6-16-12)10-4-23-11(25-10)5-22-3-9-20-19-8(2)24-9/h6,10-11H,3-5H2,1-2H3,(H2,15,17,18)/t10-,11?/m1/s1. The van der Waals surface area contributed by atoms with Gasteiger partial charge >= 0.3 is 0 Å². The number of nitrogens with two attached hydrogens (primary N) is 1. The van der Waals surface area contributed by atoms with Crippen molar-refractivity contribution in [1.29, 1.82) is 0 Å². The van der Waals surface area contributed by atoms with Gasteiger partial charge in [0, 0.05) is 6.92 Å². The molecule has 0 saturated carbocycles. The summed E-state index contributed by atoms with van der Waals surface area (Å²) in [7, 11) is 0. The molecule has 0 amide bonds. The van der Waals surface area contributed by atoms with E-state index in [0.29, 0.717) is 41.2 Å². The Bertz CT molecular complexity index is 893.